The van der Waals surface area contributed by atoms with Crippen LogP contribution in [0.4, 0.5) is 19.4 Å². The van der Waals surface area contributed by atoms with Crippen molar-refractivity contribution in [2.24, 2.45) is 11.7 Å². The molecule has 0 radical (unpaired) electrons. The van der Waals surface area contributed by atoms with Crippen molar-refractivity contribution in [2.45, 2.75) is 31.8 Å². The van der Waals surface area contributed by atoms with Crippen LogP contribution in [0.15, 0.2) is 24.0 Å². The van der Waals surface area contributed by atoms with Gasteiger partial charge in [-0.1, -0.05) is 0 Å². The number of halogens is 2. The average Bonchev–Trinajstić information content (AvgIpc) is 2.61. The number of aromatic nitrogens is 2. The summed E-state index contributed by atoms with van der Waals surface area (Å²) >= 11 is 0. The third-order valence-corrected chi connectivity index (χ3v) is 4.13. The Bertz CT molecular complexity index is 677. The Balaban J connectivity index is 2.03. The van der Waals surface area contributed by atoms with E-state index >= 15 is 0 Å². The van der Waals surface area contributed by atoms with Crippen molar-refractivity contribution in [3.05, 3.63) is 29.7 Å². The number of nitrogen functional groups attached to an aromatic ring is 1. The molecule has 0 spiro atoms. The van der Waals surface area contributed by atoms with E-state index in [9.17, 15) is 18.4 Å². The number of piperidine rings is 1. The van der Waals surface area contributed by atoms with Gasteiger partial charge >= 0.3 is 6.09 Å². The molecule has 1 aliphatic heterocycles. The van der Waals surface area contributed by atoms with Crippen molar-refractivity contribution in [3.8, 4) is 0 Å². The van der Waals surface area contributed by atoms with E-state index in [1.54, 1.807) is 0 Å². The smallest absolute Gasteiger partial charge is 0.405 e. The SMILES string of the molecule is NC(=O)O[C@@H](CCCc1cnc(N)cn1)C(=O)C1CNCCC1=C(F)F. The molecule has 0 bridgehead atoms. The van der Waals surface area contributed by atoms with E-state index in [2.05, 4.69) is 15.3 Å². The van der Waals surface area contributed by atoms with Crippen LogP contribution in [0.3, 0.4) is 0 Å². The van der Waals surface area contributed by atoms with E-state index in [-0.39, 0.29) is 30.8 Å². The van der Waals surface area contributed by atoms with Gasteiger partial charge in [0.1, 0.15) is 5.82 Å². The zero-order valence-corrected chi connectivity index (χ0v) is 14.1. The summed E-state index contributed by atoms with van der Waals surface area (Å²) in [6.45, 7) is 0.446. The quantitative estimate of drug-likeness (QED) is 0.657. The van der Waals surface area contributed by atoms with E-state index < -0.39 is 30.0 Å². The number of amides is 1. The first kappa shape index (κ1) is 19.7. The third kappa shape index (κ3) is 5.45. The van der Waals surface area contributed by atoms with Gasteiger partial charge in [0.05, 0.1) is 24.0 Å². The van der Waals surface area contributed by atoms with Gasteiger partial charge in [0.25, 0.3) is 6.08 Å². The minimum atomic E-state index is -1.86. The maximum Gasteiger partial charge on any atom is 0.405 e. The Labute approximate surface area is 149 Å². The Kier molecular flexibility index (Phi) is 6.96. The number of nitrogens with zero attached hydrogens (tertiary/aromatic N) is 2. The predicted molar refractivity (Wildman–Crippen MR) is 89.1 cm³/mol. The van der Waals surface area contributed by atoms with Crippen molar-refractivity contribution < 1.29 is 23.1 Å². The molecule has 2 rings (SSSR count). The molecule has 1 amide bonds. The number of carbonyl (C=O) groups is 2. The van der Waals surface area contributed by atoms with Gasteiger partial charge in [-0.15, -0.1) is 0 Å². The highest BCUT2D eigenvalue weighted by Crippen LogP contribution is 2.27. The lowest BCUT2D eigenvalue weighted by Gasteiger charge is -2.27. The fourth-order valence-electron chi connectivity index (χ4n) is 2.85. The van der Waals surface area contributed by atoms with Crippen molar-refractivity contribution in [1.82, 2.24) is 15.3 Å². The minimum Gasteiger partial charge on any atom is -0.438 e. The fraction of sp³-hybridized carbons (Fsp3) is 0.500. The van der Waals surface area contributed by atoms with Gasteiger partial charge in [-0.3, -0.25) is 9.78 Å². The standard InChI is InChI=1S/C16H21F2N5O3/c17-15(18)10-4-5-21-7-11(10)14(24)12(26-16(20)25)3-1-2-9-6-23-13(19)8-22-9/h6,8,11-12,21H,1-5,7H2,(H2,19,23)(H2,20,25)/t11?,12-/m0/s1. The number of hydrogen-bond donors (Lipinski definition) is 3. The van der Waals surface area contributed by atoms with Crippen LogP contribution in [-0.4, -0.2) is 41.0 Å². The number of primary amides is 1. The predicted octanol–water partition coefficient (Wildman–Crippen LogP) is 1.17. The highest BCUT2D eigenvalue weighted by molar-refractivity contribution is 5.89. The number of ketones is 1. The molecule has 1 fully saturated rings. The summed E-state index contributed by atoms with van der Waals surface area (Å²) < 4.78 is 31.1. The molecule has 10 heteroatoms. The molecular weight excluding hydrogens is 348 g/mol. The average molecular weight is 369 g/mol. The van der Waals surface area contributed by atoms with Gasteiger partial charge in [-0.2, -0.15) is 8.78 Å². The summed E-state index contributed by atoms with van der Waals surface area (Å²) in [5.74, 6) is -1.33. The highest BCUT2D eigenvalue weighted by Gasteiger charge is 2.35. The number of hydrogen-bond acceptors (Lipinski definition) is 7. The summed E-state index contributed by atoms with van der Waals surface area (Å²) in [4.78, 5) is 31.8. The van der Waals surface area contributed by atoms with E-state index in [0.717, 1.165) is 0 Å². The van der Waals surface area contributed by atoms with Crippen LogP contribution in [0.2, 0.25) is 0 Å². The van der Waals surface area contributed by atoms with E-state index in [4.69, 9.17) is 16.2 Å². The molecule has 142 valence electrons. The maximum atomic E-state index is 13.1. The summed E-state index contributed by atoms with van der Waals surface area (Å²) in [6, 6.07) is 0. The fourth-order valence-corrected chi connectivity index (χ4v) is 2.85. The highest BCUT2D eigenvalue weighted by atomic mass is 19.3. The molecule has 0 aliphatic carbocycles. The number of nitrogens with one attached hydrogen (secondary N) is 1. The second kappa shape index (κ2) is 9.18. The first-order valence-electron chi connectivity index (χ1n) is 8.19. The number of anilines is 1. The van der Waals surface area contributed by atoms with Crippen LogP contribution >= 0.6 is 0 Å². The van der Waals surface area contributed by atoms with Crippen LogP contribution in [0, 0.1) is 5.92 Å². The van der Waals surface area contributed by atoms with Gasteiger partial charge in [0.2, 0.25) is 0 Å². The molecule has 0 aromatic carbocycles. The van der Waals surface area contributed by atoms with Gasteiger partial charge < -0.3 is 21.5 Å². The zero-order chi connectivity index (χ0) is 19.1. The number of ether oxygens (including phenoxy) is 1. The summed E-state index contributed by atoms with van der Waals surface area (Å²) in [5.41, 5.74) is 10.9. The van der Waals surface area contributed by atoms with Gasteiger partial charge in [-0.05, 0) is 32.2 Å². The monoisotopic (exact) mass is 369 g/mol. The van der Waals surface area contributed by atoms with Crippen molar-refractivity contribution >= 4 is 17.7 Å². The van der Waals surface area contributed by atoms with Crippen LogP contribution in [0.25, 0.3) is 0 Å². The Morgan fingerprint density at radius 1 is 1.35 bits per heavy atom. The van der Waals surface area contributed by atoms with Gasteiger partial charge in [0.15, 0.2) is 11.9 Å². The van der Waals surface area contributed by atoms with E-state index in [0.29, 0.717) is 25.1 Å². The molecule has 1 aliphatic rings. The van der Waals surface area contributed by atoms with Crippen molar-refractivity contribution in [2.75, 3.05) is 18.8 Å². The number of nitrogens with two attached hydrogens (primary N) is 2. The van der Waals surface area contributed by atoms with Gasteiger partial charge in [-0.25, -0.2) is 9.78 Å². The Morgan fingerprint density at radius 2 is 2.12 bits per heavy atom. The number of aryl methyl sites for hydroxylation is 1. The van der Waals surface area contributed by atoms with Crippen molar-refractivity contribution in [1.29, 1.82) is 0 Å². The lowest BCUT2D eigenvalue weighted by atomic mass is 9.86. The molecule has 0 saturated carbocycles. The second-order valence-electron chi connectivity index (χ2n) is 5.95. The number of Topliss-reactive ketones (excluding diaryl/α,β-unsaturated/α-hetero) is 1. The Morgan fingerprint density at radius 3 is 2.73 bits per heavy atom. The lowest BCUT2D eigenvalue weighted by molar-refractivity contribution is -0.130. The van der Waals surface area contributed by atoms with Crippen LogP contribution in [0.1, 0.15) is 25.0 Å². The zero-order valence-electron chi connectivity index (χ0n) is 14.1. The molecule has 5 N–H and O–H groups in total. The molecule has 1 unspecified atom stereocenters. The first-order chi connectivity index (χ1) is 12.4. The van der Waals surface area contributed by atoms with Crippen molar-refractivity contribution in [3.63, 3.8) is 0 Å². The molecule has 2 atom stereocenters. The Hall–Kier alpha value is -2.62. The molecule has 1 aromatic rings. The van der Waals surface area contributed by atoms with Crippen LogP contribution in [-0.2, 0) is 16.0 Å². The molecule has 8 nitrogen and oxygen atoms in total. The summed E-state index contributed by atoms with van der Waals surface area (Å²) in [5, 5.41) is 2.91. The van der Waals surface area contributed by atoms with Crippen LogP contribution in [0.5, 0.6) is 0 Å². The topological polar surface area (TPSA) is 133 Å². The molecule has 2 heterocycles. The molecule has 1 aromatic heterocycles. The lowest BCUT2D eigenvalue weighted by Crippen LogP contribution is -2.43. The number of carbonyl (C=O) groups excluding carboxylic acids is 2. The van der Waals surface area contributed by atoms with Gasteiger partial charge in [0, 0.05) is 12.1 Å². The van der Waals surface area contributed by atoms with E-state index in [1.807, 2.05) is 0 Å². The minimum absolute atomic E-state index is 0.0725. The third-order valence-electron chi connectivity index (χ3n) is 4.13. The first-order valence-corrected chi connectivity index (χ1v) is 8.19. The second-order valence-corrected chi connectivity index (χ2v) is 5.95. The summed E-state index contributed by atoms with van der Waals surface area (Å²) in [7, 11) is 0. The molecular formula is C16H21F2N5O3. The van der Waals surface area contributed by atoms with Crippen LogP contribution < -0.4 is 16.8 Å². The number of rotatable bonds is 7. The molecule has 1 saturated heterocycles. The largest absolute Gasteiger partial charge is 0.438 e. The maximum absolute atomic E-state index is 13.1. The molecule has 26 heavy (non-hydrogen) atoms. The normalized spacial score (nSPS) is 18.2. The van der Waals surface area contributed by atoms with E-state index in [1.165, 1.54) is 12.4 Å². The summed E-state index contributed by atoms with van der Waals surface area (Å²) in [6.07, 6.45) is -0.145.